The molecule has 2 saturated heterocycles. The molecule has 0 aliphatic carbocycles. The Labute approximate surface area is 188 Å². The summed E-state index contributed by atoms with van der Waals surface area (Å²) in [6.45, 7) is 6.99. The molecule has 0 radical (unpaired) electrons. The van der Waals surface area contributed by atoms with E-state index in [0.717, 1.165) is 32.7 Å². The lowest BCUT2D eigenvalue weighted by molar-refractivity contribution is -0.129. The zero-order valence-corrected chi connectivity index (χ0v) is 18.9. The fraction of sp³-hybridized carbons (Fsp3) is 0.500. The maximum atomic E-state index is 12.9. The Morgan fingerprint density at radius 3 is 2.71 bits per heavy atom. The molecule has 7 heteroatoms. The highest BCUT2D eigenvalue weighted by Crippen LogP contribution is 2.26. The number of carbonyl (C=O) groups is 2. The highest BCUT2D eigenvalue weighted by atomic mass is 32.1. The van der Waals surface area contributed by atoms with Crippen LogP contribution in [-0.4, -0.2) is 67.6 Å². The van der Waals surface area contributed by atoms with Crippen molar-refractivity contribution in [1.82, 2.24) is 15.1 Å². The summed E-state index contributed by atoms with van der Waals surface area (Å²) in [5, 5.41) is 5.21. The van der Waals surface area contributed by atoms with E-state index >= 15 is 0 Å². The van der Waals surface area contributed by atoms with Crippen molar-refractivity contribution < 1.29 is 14.3 Å². The van der Waals surface area contributed by atoms with E-state index < -0.39 is 0 Å². The molecule has 2 atom stereocenters. The van der Waals surface area contributed by atoms with Crippen LogP contribution in [0.3, 0.4) is 0 Å². The van der Waals surface area contributed by atoms with E-state index in [1.807, 2.05) is 4.90 Å². The van der Waals surface area contributed by atoms with Gasteiger partial charge in [-0.25, -0.2) is 0 Å². The summed E-state index contributed by atoms with van der Waals surface area (Å²) in [4.78, 5) is 30.8. The second-order valence-corrected chi connectivity index (χ2v) is 9.38. The molecule has 2 fully saturated rings. The number of thiophene rings is 1. The fourth-order valence-electron chi connectivity index (χ4n) is 4.30. The van der Waals surface area contributed by atoms with Crippen molar-refractivity contribution >= 4 is 23.2 Å². The SMILES string of the molecule is Cc1ccc(CCN2CC(C(=O)NCC(c3cccs3)N3CCOCC3)CC2=O)cc1. The summed E-state index contributed by atoms with van der Waals surface area (Å²) in [6, 6.07) is 12.7. The fourth-order valence-corrected chi connectivity index (χ4v) is 5.16. The highest BCUT2D eigenvalue weighted by molar-refractivity contribution is 7.10. The maximum Gasteiger partial charge on any atom is 0.225 e. The van der Waals surface area contributed by atoms with Gasteiger partial charge in [-0.15, -0.1) is 11.3 Å². The van der Waals surface area contributed by atoms with Crippen LogP contribution in [0.25, 0.3) is 0 Å². The van der Waals surface area contributed by atoms with Gasteiger partial charge < -0.3 is 15.0 Å². The molecule has 4 rings (SSSR count). The van der Waals surface area contributed by atoms with Gasteiger partial charge in [0.15, 0.2) is 0 Å². The monoisotopic (exact) mass is 441 g/mol. The molecule has 1 N–H and O–H groups in total. The minimum Gasteiger partial charge on any atom is -0.379 e. The molecule has 2 unspecified atom stereocenters. The number of rotatable bonds is 8. The molecule has 1 aromatic carbocycles. The quantitative estimate of drug-likeness (QED) is 0.684. The molecule has 1 aromatic heterocycles. The number of amides is 2. The second-order valence-electron chi connectivity index (χ2n) is 8.40. The van der Waals surface area contributed by atoms with Crippen LogP contribution in [0, 0.1) is 12.8 Å². The van der Waals surface area contributed by atoms with Gasteiger partial charge in [-0.3, -0.25) is 14.5 Å². The smallest absolute Gasteiger partial charge is 0.225 e. The molecule has 166 valence electrons. The summed E-state index contributed by atoms with van der Waals surface area (Å²) < 4.78 is 5.49. The number of carbonyl (C=O) groups excluding carboxylic acids is 2. The van der Waals surface area contributed by atoms with E-state index in [0.29, 0.717) is 26.1 Å². The zero-order chi connectivity index (χ0) is 21.6. The van der Waals surface area contributed by atoms with Crippen LogP contribution in [0.15, 0.2) is 41.8 Å². The van der Waals surface area contributed by atoms with Gasteiger partial charge >= 0.3 is 0 Å². The Balaban J connectivity index is 1.29. The lowest BCUT2D eigenvalue weighted by Crippen LogP contribution is -2.44. The summed E-state index contributed by atoms with van der Waals surface area (Å²) in [6.07, 6.45) is 1.12. The van der Waals surface area contributed by atoms with Gasteiger partial charge in [-0.1, -0.05) is 35.9 Å². The van der Waals surface area contributed by atoms with Crippen LogP contribution >= 0.6 is 11.3 Å². The Hall–Kier alpha value is -2.22. The third-order valence-electron chi connectivity index (χ3n) is 6.20. The van der Waals surface area contributed by atoms with E-state index in [1.165, 1.54) is 16.0 Å². The molecule has 0 bridgehead atoms. The van der Waals surface area contributed by atoms with Crippen LogP contribution in [-0.2, 0) is 20.7 Å². The van der Waals surface area contributed by atoms with Gasteiger partial charge in [0.25, 0.3) is 0 Å². The van der Waals surface area contributed by atoms with Gasteiger partial charge in [0.05, 0.1) is 25.2 Å². The minimum atomic E-state index is -0.265. The number of nitrogens with zero attached hydrogens (tertiary/aromatic N) is 2. The number of ether oxygens (including phenoxy) is 1. The molecular weight excluding hydrogens is 410 g/mol. The third-order valence-corrected chi connectivity index (χ3v) is 7.18. The molecule has 31 heavy (non-hydrogen) atoms. The van der Waals surface area contributed by atoms with Crippen molar-refractivity contribution in [3.05, 3.63) is 57.8 Å². The number of nitrogens with one attached hydrogen (secondary N) is 1. The van der Waals surface area contributed by atoms with E-state index in [4.69, 9.17) is 4.74 Å². The van der Waals surface area contributed by atoms with Crippen LogP contribution in [0.2, 0.25) is 0 Å². The standard InChI is InChI=1S/C24H31N3O3S/c1-18-4-6-19(7-5-18)8-9-27-17-20(15-23(27)28)24(29)25-16-21(22-3-2-14-31-22)26-10-12-30-13-11-26/h2-7,14,20-21H,8-13,15-17H2,1H3,(H,25,29). The van der Waals surface area contributed by atoms with Crippen LogP contribution in [0.4, 0.5) is 0 Å². The van der Waals surface area contributed by atoms with Crippen molar-refractivity contribution in [3.63, 3.8) is 0 Å². The molecule has 3 heterocycles. The molecular formula is C24H31N3O3S. The van der Waals surface area contributed by atoms with Crippen molar-refractivity contribution in [2.24, 2.45) is 5.92 Å². The summed E-state index contributed by atoms with van der Waals surface area (Å²) >= 11 is 1.72. The van der Waals surface area contributed by atoms with Gasteiger partial charge in [-0.05, 0) is 30.4 Å². The first kappa shape index (κ1) is 22.0. The number of hydrogen-bond acceptors (Lipinski definition) is 5. The van der Waals surface area contributed by atoms with Gasteiger partial charge in [0, 0.05) is 44.0 Å². The average Bonchev–Trinajstić information content (AvgIpc) is 3.44. The lowest BCUT2D eigenvalue weighted by Gasteiger charge is -2.34. The lowest BCUT2D eigenvalue weighted by atomic mass is 10.1. The van der Waals surface area contributed by atoms with Gasteiger partial charge in [-0.2, -0.15) is 0 Å². The van der Waals surface area contributed by atoms with Gasteiger partial charge in [0.2, 0.25) is 11.8 Å². The van der Waals surface area contributed by atoms with Crippen LogP contribution in [0.1, 0.15) is 28.5 Å². The first-order chi connectivity index (χ1) is 15.1. The number of aryl methyl sites for hydroxylation is 1. The number of hydrogen-bond donors (Lipinski definition) is 1. The predicted octanol–water partition coefficient (Wildman–Crippen LogP) is 2.64. The van der Waals surface area contributed by atoms with E-state index in [2.05, 4.69) is 58.9 Å². The van der Waals surface area contributed by atoms with E-state index in [9.17, 15) is 9.59 Å². The van der Waals surface area contributed by atoms with Gasteiger partial charge in [0.1, 0.15) is 0 Å². The first-order valence-corrected chi connectivity index (χ1v) is 11.9. The molecule has 6 nitrogen and oxygen atoms in total. The molecule has 0 saturated carbocycles. The Kier molecular flexibility index (Phi) is 7.37. The van der Waals surface area contributed by atoms with Crippen molar-refractivity contribution in [2.75, 3.05) is 45.9 Å². The molecule has 0 spiro atoms. The van der Waals surface area contributed by atoms with Crippen LogP contribution < -0.4 is 5.32 Å². The zero-order valence-electron chi connectivity index (χ0n) is 18.1. The Morgan fingerprint density at radius 2 is 2.00 bits per heavy atom. The number of likely N-dealkylation sites (tertiary alicyclic amines) is 1. The highest BCUT2D eigenvalue weighted by Gasteiger charge is 2.34. The molecule has 2 aliphatic rings. The minimum absolute atomic E-state index is 0.0130. The average molecular weight is 442 g/mol. The second kappa shape index (κ2) is 10.4. The summed E-state index contributed by atoms with van der Waals surface area (Å²) in [7, 11) is 0. The Bertz CT molecular complexity index is 863. The summed E-state index contributed by atoms with van der Waals surface area (Å²) in [5.74, 6) is -0.199. The number of morpholine rings is 1. The number of benzene rings is 1. The normalized spacial score (nSPS) is 20.7. The largest absolute Gasteiger partial charge is 0.379 e. The predicted molar refractivity (Wildman–Crippen MR) is 122 cm³/mol. The van der Waals surface area contributed by atoms with Crippen molar-refractivity contribution in [3.8, 4) is 0 Å². The molecule has 2 amide bonds. The van der Waals surface area contributed by atoms with E-state index in [1.54, 1.807) is 11.3 Å². The van der Waals surface area contributed by atoms with E-state index in [-0.39, 0.29) is 23.8 Å². The van der Waals surface area contributed by atoms with Crippen molar-refractivity contribution in [1.29, 1.82) is 0 Å². The third kappa shape index (κ3) is 5.73. The first-order valence-electron chi connectivity index (χ1n) is 11.1. The Morgan fingerprint density at radius 1 is 1.23 bits per heavy atom. The van der Waals surface area contributed by atoms with Crippen molar-refractivity contribution in [2.45, 2.75) is 25.8 Å². The topological polar surface area (TPSA) is 61.9 Å². The van der Waals surface area contributed by atoms with Crippen LogP contribution in [0.5, 0.6) is 0 Å². The molecule has 2 aliphatic heterocycles. The molecule has 2 aromatic rings. The maximum absolute atomic E-state index is 12.9. The summed E-state index contributed by atoms with van der Waals surface area (Å²) in [5.41, 5.74) is 2.45.